The standard InChI is InChI=1S/C20H23NO2S/c1-3-4-5-9-18-15-17-8-6-7-10-20(17)21(18)24(22,23)19-13-11-16(2)12-14-19/h6-8,10-15H,3-5,9H2,1-2H3. The number of hydrogen-bond donors (Lipinski definition) is 0. The van der Waals surface area contributed by atoms with Crippen LogP contribution >= 0.6 is 0 Å². The number of para-hydroxylation sites is 1. The number of rotatable bonds is 6. The highest BCUT2D eigenvalue weighted by Crippen LogP contribution is 2.27. The summed E-state index contributed by atoms with van der Waals surface area (Å²) in [6, 6.07) is 16.8. The summed E-state index contributed by atoms with van der Waals surface area (Å²) >= 11 is 0. The van der Waals surface area contributed by atoms with E-state index in [1.54, 1.807) is 12.1 Å². The van der Waals surface area contributed by atoms with Gasteiger partial charge in [0.15, 0.2) is 0 Å². The Balaban J connectivity index is 2.15. The van der Waals surface area contributed by atoms with Crippen LogP contribution in [-0.4, -0.2) is 12.4 Å². The van der Waals surface area contributed by atoms with Gasteiger partial charge in [-0.3, -0.25) is 0 Å². The largest absolute Gasteiger partial charge is 0.268 e. The van der Waals surface area contributed by atoms with Gasteiger partial charge in [0, 0.05) is 11.1 Å². The topological polar surface area (TPSA) is 39.1 Å². The Morgan fingerprint density at radius 3 is 2.38 bits per heavy atom. The van der Waals surface area contributed by atoms with E-state index >= 15 is 0 Å². The van der Waals surface area contributed by atoms with Gasteiger partial charge in [0.1, 0.15) is 0 Å². The van der Waals surface area contributed by atoms with E-state index in [0.717, 1.165) is 47.8 Å². The number of unbranched alkanes of at least 4 members (excludes halogenated alkanes) is 2. The second kappa shape index (κ2) is 6.81. The van der Waals surface area contributed by atoms with Crippen molar-refractivity contribution in [1.82, 2.24) is 3.97 Å². The molecule has 0 aliphatic rings. The Morgan fingerprint density at radius 1 is 0.958 bits per heavy atom. The van der Waals surface area contributed by atoms with Gasteiger partial charge in [-0.25, -0.2) is 12.4 Å². The minimum absolute atomic E-state index is 0.339. The van der Waals surface area contributed by atoms with E-state index in [1.165, 1.54) is 3.97 Å². The molecule has 1 aromatic heterocycles. The first kappa shape index (κ1) is 16.8. The second-order valence-corrected chi connectivity index (χ2v) is 8.02. The van der Waals surface area contributed by atoms with Gasteiger partial charge in [-0.2, -0.15) is 0 Å². The van der Waals surface area contributed by atoms with Crippen molar-refractivity contribution in [3.05, 3.63) is 65.9 Å². The molecule has 2 aromatic carbocycles. The molecule has 0 amide bonds. The molecule has 0 N–H and O–H groups in total. The molecule has 0 bridgehead atoms. The molecule has 0 spiro atoms. The summed E-state index contributed by atoms with van der Waals surface area (Å²) in [4.78, 5) is 0.339. The van der Waals surface area contributed by atoms with Gasteiger partial charge in [-0.05, 0) is 44.0 Å². The lowest BCUT2D eigenvalue weighted by Crippen LogP contribution is -2.15. The minimum atomic E-state index is -3.59. The maximum atomic E-state index is 13.2. The molecular weight excluding hydrogens is 318 g/mol. The fraction of sp³-hybridized carbons (Fsp3) is 0.300. The smallest absolute Gasteiger partial charge is 0.238 e. The molecule has 4 heteroatoms. The van der Waals surface area contributed by atoms with Crippen LogP contribution in [0.15, 0.2) is 59.5 Å². The van der Waals surface area contributed by atoms with Crippen LogP contribution in [0.2, 0.25) is 0 Å². The van der Waals surface area contributed by atoms with Gasteiger partial charge < -0.3 is 0 Å². The fourth-order valence-corrected chi connectivity index (χ4v) is 4.59. The molecule has 0 saturated heterocycles. The molecule has 126 valence electrons. The molecule has 0 unspecified atom stereocenters. The van der Waals surface area contributed by atoms with Crippen LogP contribution in [0.25, 0.3) is 10.9 Å². The van der Waals surface area contributed by atoms with Gasteiger partial charge in [0.05, 0.1) is 10.4 Å². The fourth-order valence-electron chi connectivity index (χ4n) is 3.02. The van der Waals surface area contributed by atoms with E-state index in [1.807, 2.05) is 49.4 Å². The molecule has 24 heavy (non-hydrogen) atoms. The van der Waals surface area contributed by atoms with Crippen molar-refractivity contribution >= 4 is 20.9 Å². The summed E-state index contributed by atoms with van der Waals surface area (Å²) in [5.41, 5.74) is 2.67. The maximum Gasteiger partial charge on any atom is 0.268 e. The first-order valence-electron chi connectivity index (χ1n) is 8.45. The van der Waals surface area contributed by atoms with Crippen molar-refractivity contribution in [3.63, 3.8) is 0 Å². The molecule has 0 saturated carbocycles. The molecule has 3 rings (SSSR count). The third-order valence-corrected chi connectivity index (χ3v) is 6.11. The number of aryl methyl sites for hydroxylation is 2. The summed E-state index contributed by atoms with van der Waals surface area (Å²) in [6.45, 7) is 4.11. The van der Waals surface area contributed by atoms with Crippen molar-refractivity contribution in [3.8, 4) is 0 Å². The zero-order chi connectivity index (χ0) is 17.2. The minimum Gasteiger partial charge on any atom is -0.238 e. The van der Waals surface area contributed by atoms with Crippen molar-refractivity contribution in [1.29, 1.82) is 0 Å². The summed E-state index contributed by atoms with van der Waals surface area (Å²) in [6.07, 6.45) is 3.99. The lowest BCUT2D eigenvalue weighted by Gasteiger charge is -2.12. The lowest BCUT2D eigenvalue weighted by molar-refractivity contribution is 0.585. The van der Waals surface area contributed by atoms with E-state index in [9.17, 15) is 8.42 Å². The van der Waals surface area contributed by atoms with E-state index < -0.39 is 10.0 Å². The highest BCUT2D eigenvalue weighted by Gasteiger charge is 2.22. The highest BCUT2D eigenvalue weighted by molar-refractivity contribution is 7.90. The third kappa shape index (κ3) is 3.11. The van der Waals surface area contributed by atoms with E-state index in [4.69, 9.17) is 0 Å². The molecule has 0 aliphatic heterocycles. The molecule has 3 aromatic rings. The maximum absolute atomic E-state index is 13.2. The van der Waals surface area contributed by atoms with Crippen molar-refractivity contribution in [2.24, 2.45) is 0 Å². The van der Waals surface area contributed by atoms with Crippen molar-refractivity contribution in [2.45, 2.75) is 44.4 Å². The Morgan fingerprint density at radius 2 is 1.67 bits per heavy atom. The molecule has 0 aliphatic carbocycles. The van der Waals surface area contributed by atoms with Gasteiger partial charge in [0.2, 0.25) is 0 Å². The monoisotopic (exact) mass is 341 g/mol. The van der Waals surface area contributed by atoms with Gasteiger partial charge >= 0.3 is 0 Å². The molecule has 1 heterocycles. The van der Waals surface area contributed by atoms with Gasteiger partial charge in [-0.1, -0.05) is 55.7 Å². The van der Waals surface area contributed by atoms with E-state index in [2.05, 4.69) is 6.92 Å². The van der Waals surface area contributed by atoms with Crippen LogP contribution in [0, 0.1) is 6.92 Å². The van der Waals surface area contributed by atoms with Crippen LogP contribution in [0.5, 0.6) is 0 Å². The summed E-state index contributed by atoms with van der Waals surface area (Å²) < 4.78 is 28.0. The predicted molar refractivity (Wildman–Crippen MR) is 98.9 cm³/mol. The van der Waals surface area contributed by atoms with Crippen molar-refractivity contribution < 1.29 is 8.42 Å². The SMILES string of the molecule is CCCCCc1cc2ccccc2n1S(=O)(=O)c1ccc(C)cc1. The summed E-state index contributed by atoms with van der Waals surface area (Å²) in [5.74, 6) is 0. The quantitative estimate of drug-likeness (QED) is 0.597. The number of fused-ring (bicyclic) bond motifs is 1. The summed E-state index contributed by atoms with van der Waals surface area (Å²) in [7, 11) is -3.59. The van der Waals surface area contributed by atoms with Crippen molar-refractivity contribution in [2.75, 3.05) is 0 Å². The van der Waals surface area contributed by atoms with Crippen LogP contribution in [0.1, 0.15) is 37.4 Å². The first-order valence-corrected chi connectivity index (χ1v) is 9.89. The van der Waals surface area contributed by atoms with E-state index in [0.29, 0.717) is 4.90 Å². The number of nitrogens with zero attached hydrogens (tertiary/aromatic N) is 1. The van der Waals surface area contributed by atoms with Gasteiger partial charge in [0.25, 0.3) is 10.0 Å². The Labute approximate surface area is 144 Å². The van der Waals surface area contributed by atoms with Crippen LogP contribution < -0.4 is 0 Å². The molecular formula is C20H23NO2S. The average Bonchev–Trinajstić information content (AvgIpc) is 2.94. The van der Waals surface area contributed by atoms with E-state index in [-0.39, 0.29) is 0 Å². The van der Waals surface area contributed by atoms with Crippen LogP contribution in [0.3, 0.4) is 0 Å². The number of aromatic nitrogens is 1. The van der Waals surface area contributed by atoms with Gasteiger partial charge in [-0.15, -0.1) is 0 Å². The third-order valence-electron chi connectivity index (χ3n) is 4.33. The van der Waals surface area contributed by atoms with Crippen LogP contribution in [0.4, 0.5) is 0 Å². The predicted octanol–water partition coefficient (Wildman–Crippen LogP) is 4.92. The zero-order valence-corrected chi connectivity index (χ0v) is 15.0. The summed E-state index contributed by atoms with van der Waals surface area (Å²) in [5, 5.41) is 0.972. The lowest BCUT2D eigenvalue weighted by atomic mass is 10.1. The Hall–Kier alpha value is -2.07. The number of hydrogen-bond acceptors (Lipinski definition) is 2. The Bertz CT molecular complexity index is 937. The second-order valence-electron chi connectivity index (χ2n) is 6.23. The van der Waals surface area contributed by atoms with Crippen LogP contribution in [-0.2, 0) is 16.4 Å². The zero-order valence-electron chi connectivity index (χ0n) is 14.2. The first-order chi connectivity index (χ1) is 11.5. The normalized spacial score (nSPS) is 11.9. The highest BCUT2D eigenvalue weighted by atomic mass is 32.2. The average molecular weight is 341 g/mol. The number of benzene rings is 2. The molecule has 0 atom stereocenters. The molecule has 0 fully saturated rings. The molecule has 0 radical (unpaired) electrons. The molecule has 3 nitrogen and oxygen atoms in total. The Kier molecular flexibility index (Phi) is 4.76.